The summed E-state index contributed by atoms with van der Waals surface area (Å²) in [5.41, 5.74) is 0. The number of nitrogens with zero attached hydrogens (tertiary/aromatic N) is 1. The van der Waals surface area contributed by atoms with E-state index < -0.39 is 18.1 Å². The summed E-state index contributed by atoms with van der Waals surface area (Å²) >= 11 is 0. The first-order valence-electron chi connectivity index (χ1n) is 22.3. The lowest BCUT2D eigenvalue weighted by atomic mass is 10.1. The highest BCUT2D eigenvalue weighted by Gasteiger charge is 2.31. The van der Waals surface area contributed by atoms with Gasteiger partial charge in [0.25, 0.3) is 0 Å². The number of unbranched alkanes of at least 4 members (excludes halogenated alkanes) is 12. The highest BCUT2D eigenvalue weighted by Crippen LogP contribution is 2.13. The number of quaternary nitrogens is 1. The van der Waals surface area contributed by atoms with Crippen LogP contribution in [-0.4, -0.2) is 80.6 Å². The van der Waals surface area contributed by atoms with Crippen molar-refractivity contribution in [1.29, 1.82) is 0 Å². The van der Waals surface area contributed by atoms with Crippen LogP contribution in [0, 0.1) is 0 Å². The molecule has 8 heteroatoms. The minimum absolute atomic E-state index is 0.0356. The number of aliphatic carboxylic acids is 1. The molecule has 0 spiro atoms. The van der Waals surface area contributed by atoms with E-state index >= 15 is 0 Å². The summed E-state index contributed by atoms with van der Waals surface area (Å²) in [6, 6.07) is -0.629. The van der Waals surface area contributed by atoms with Crippen LogP contribution in [0.4, 0.5) is 0 Å². The fourth-order valence-electron chi connectivity index (χ4n) is 5.95. The van der Waals surface area contributed by atoms with Crippen molar-refractivity contribution >= 4 is 17.9 Å². The van der Waals surface area contributed by atoms with E-state index in [1.807, 2.05) is 69.8 Å². The maximum atomic E-state index is 12.7. The van der Waals surface area contributed by atoms with E-state index in [0.29, 0.717) is 19.3 Å². The topological polar surface area (TPSA) is 99.1 Å². The number of carboxylic acids is 1. The van der Waals surface area contributed by atoms with Gasteiger partial charge in [-0.15, -0.1) is 0 Å². The fraction of sp³-hybridized carbons (Fsp3) is 0.620. The second kappa shape index (κ2) is 40.0. The van der Waals surface area contributed by atoms with Gasteiger partial charge in [0.05, 0.1) is 34.4 Å². The minimum atomic E-state index is -0.888. The lowest BCUT2D eigenvalue weighted by Gasteiger charge is -2.31. The zero-order valence-corrected chi connectivity index (χ0v) is 37.2. The fourth-order valence-corrected chi connectivity index (χ4v) is 5.95. The predicted octanol–water partition coefficient (Wildman–Crippen LogP) is 12.3. The lowest BCUT2D eigenvalue weighted by Crippen LogP contribution is -2.50. The van der Waals surface area contributed by atoms with Gasteiger partial charge in [0, 0.05) is 19.3 Å². The van der Waals surface area contributed by atoms with Crippen LogP contribution in [0.1, 0.15) is 149 Å². The van der Waals surface area contributed by atoms with Crippen LogP contribution >= 0.6 is 0 Å². The number of carbonyl (C=O) groups is 3. The Bertz CT molecular complexity index is 1260. The van der Waals surface area contributed by atoms with Crippen LogP contribution in [0.3, 0.4) is 0 Å². The summed E-state index contributed by atoms with van der Waals surface area (Å²) in [5, 5.41) is 9.62. The van der Waals surface area contributed by atoms with Crippen molar-refractivity contribution in [2.45, 2.75) is 161 Å². The highest BCUT2D eigenvalue weighted by molar-refractivity contribution is 5.72. The number of hydrogen-bond donors (Lipinski definition) is 1. The number of carboxylic acid groups (broad SMARTS) is 1. The average molecular weight is 809 g/mol. The third-order valence-electron chi connectivity index (χ3n) is 9.36. The molecule has 0 aliphatic heterocycles. The Morgan fingerprint density at radius 3 is 1.57 bits per heavy atom. The van der Waals surface area contributed by atoms with E-state index in [0.717, 1.165) is 70.6 Å². The van der Waals surface area contributed by atoms with Gasteiger partial charge in [-0.25, -0.2) is 4.79 Å². The quantitative estimate of drug-likeness (QED) is 0.0218. The van der Waals surface area contributed by atoms with Crippen molar-refractivity contribution in [3.05, 3.63) is 97.2 Å². The number of allylic oxidation sites excluding steroid dienone is 16. The molecular formula is C50H82NO7+. The molecule has 0 amide bonds. The Labute approximate surface area is 354 Å². The average Bonchev–Trinajstić information content (AvgIpc) is 3.18. The Morgan fingerprint density at radius 1 is 0.534 bits per heavy atom. The molecular weight excluding hydrogens is 727 g/mol. The molecule has 0 saturated heterocycles. The molecule has 0 aromatic rings. The van der Waals surface area contributed by atoms with E-state index in [1.165, 1.54) is 38.5 Å². The van der Waals surface area contributed by atoms with Crippen LogP contribution in [0.15, 0.2) is 97.2 Å². The SMILES string of the molecule is CC/C=C/C=C/C=C/C=C/C=C/CCCCCC(=O)OC(COCCC(C(=O)O)[N+](C)(C)C)COC(=O)CCCCCCCCCCC/C=C/C/C=C/C/C=C/CC. The molecule has 8 nitrogen and oxygen atoms in total. The molecule has 1 N–H and O–H groups in total. The summed E-state index contributed by atoms with van der Waals surface area (Å²) in [5.74, 6) is -1.54. The van der Waals surface area contributed by atoms with Gasteiger partial charge in [-0.05, 0) is 64.2 Å². The molecule has 0 aliphatic carbocycles. The van der Waals surface area contributed by atoms with Gasteiger partial charge in [-0.3, -0.25) is 9.59 Å². The van der Waals surface area contributed by atoms with E-state index in [9.17, 15) is 19.5 Å². The van der Waals surface area contributed by atoms with Crippen LogP contribution in [0.2, 0.25) is 0 Å². The molecule has 2 unspecified atom stereocenters. The predicted molar refractivity (Wildman–Crippen MR) is 243 cm³/mol. The maximum absolute atomic E-state index is 12.7. The zero-order valence-electron chi connectivity index (χ0n) is 37.2. The van der Waals surface area contributed by atoms with Crippen molar-refractivity contribution in [1.82, 2.24) is 0 Å². The van der Waals surface area contributed by atoms with Gasteiger partial charge in [0.2, 0.25) is 0 Å². The summed E-state index contributed by atoms with van der Waals surface area (Å²) in [6.45, 7) is 4.41. The molecule has 0 saturated carbocycles. The van der Waals surface area contributed by atoms with Crippen molar-refractivity contribution < 1.29 is 38.2 Å². The summed E-state index contributed by atoms with van der Waals surface area (Å²) in [7, 11) is 5.50. The normalized spacial score (nSPS) is 13.9. The van der Waals surface area contributed by atoms with Gasteiger partial charge in [0.15, 0.2) is 12.1 Å². The Hall–Kier alpha value is -3.75. The van der Waals surface area contributed by atoms with E-state index in [2.05, 4.69) is 62.5 Å². The summed E-state index contributed by atoms with van der Waals surface area (Å²) < 4.78 is 17.2. The van der Waals surface area contributed by atoms with Crippen molar-refractivity contribution in [2.24, 2.45) is 0 Å². The van der Waals surface area contributed by atoms with Crippen LogP contribution < -0.4 is 0 Å². The standard InChI is InChI=1S/C50H81NO7/c1-6-8-10-12-14-16-18-20-22-23-24-25-27-28-30-32-34-36-38-40-48(52)57-45-46(44-56-43-42-47(50(54)55)51(3,4)5)58-49(53)41-39-37-35-33-31-29-26-21-19-17-15-13-11-9-7-2/h8-11,13-17,19-22,26,29,31,46-47H,6-7,12,18,23-25,27-28,30,32-45H2,1-5H3/p+1/b10-8+,11-9+,15-13+,16-14+,19-17+,22-20+,26-21+,31-29+. The van der Waals surface area contributed by atoms with Crippen molar-refractivity contribution in [3.8, 4) is 0 Å². The third kappa shape index (κ3) is 37.8. The number of carbonyl (C=O) groups excluding carboxylic acids is 2. The molecule has 0 aliphatic rings. The second-order valence-corrected chi connectivity index (χ2v) is 15.7. The van der Waals surface area contributed by atoms with Crippen molar-refractivity contribution in [2.75, 3.05) is 41.0 Å². The van der Waals surface area contributed by atoms with E-state index in [4.69, 9.17) is 14.2 Å². The Balaban J connectivity index is 4.41. The molecule has 0 rings (SSSR count). The number of ether oxygens (including phenoxy) is 3. The number of rotatable bonds is 38. The molecule has 0 radical (unpaired) electrons. The number of likely N-dealkylation sites (N-methyl/N-ethyl adjacent to an activating group) is 1. The Kier molecular flexibility index (Phi) is 37.5. The zero-order chi connectivity index (χ0) is 42.8. The van der Waals surface area contributed by atoms with E-state index in [-0.39, 0.29) is 42.7 Å². The molecule has 0 aromatic heterocycles. The first kappa shape index (κ1) is 54.2. The molecule has 0 bridgehead atoms. The van der Waals surface area contributed by atoms with Crippen LogP contribution in [0.5, 0.6) is 0 Å². The Morgan fingerprint density at radius 2 is 1.00 bits per heavy atom. The smallest absolute Gasteiger partial charge is 0.362 e. The second-order valence-electron chi connectivity index (χ2n) is 15.7. The van der Waals surface area contributed by atoms with Gasteiger partial charge >= 0.3 is 17.9 Å². The number of hydrogen-bond acceptors (Lipinski definition) is 6. The molecule has 58 heavy (non-hydrogen) atoms. The first-order chi connectivity index (χ1) is 28.1. The molecule has 0 fully saturated rings. The van der Waals surface area contributed by atoms with Crippen LogP contribution in [-0.2, 0) is 28.6 Å². The summed E-state index contributed by atoms with van der Waals surface area (Å²) in [4.78, 5) is 37.0. The largest absolute Gasteiger partial charge is 0.477 e. The molecule has 0 heterocycles. The first-order valence-corrected chi connectivity index (χ1v) is 22.3. The van der Waals surface area contributed by atoms with Gasteiger partial charge in [-0.1, -0.05) is 162 Å². The van der Waals surface area contributed by atoms with Crippen LogP contribution in [0.25, 0.3) is 0 Å². The van der Waals surface area contributed by atoms with Gasteiger partial charge in [0.1, 0.15) is 6.61 Å². The van der Waals surface area contributed by atoms with Gasteiger partial charge < -0.3 is 23.8 Å². The maximum Gasteiger partial charge on any atom is 0.362 e. The lowest BCUT2D eigenvalue weighted by molar-refractivity contribution is -0.887. The molecule has 0 aromatic carbocycles. The molecule has 328 valence electrons. The monoisotopic (exact) mass is 809 g/mol. The van der Waals surface area contributed by atoms with Crippen molar-refractivity contribution in [3.63, 3.8) is 0 Å². The number of esters is 2. The van der Waals surface area contributed by atoms with E-state index in [1.54, 1.807) is 0 Å². The third-order valence-corrected chi connectivity index (χ3v) is 9.36. The summed E-state index contributed by atoms with van der Waals surface area (Å²) in [6.07, 6.45) is 53.1. The highest BCUT2D eigenvalue weighted by atomic mass is 16.6. The minimum Gasteiger partial charge on any atom is -0.477 e. The molecule has 2 atom stereocenters. The van der Waals surface area contributed by atoms with Gasteiger partial charge in [-0.2, -0.15) is 0 Å².